The average Bonchev–Trinajstić information content (AvgIpc) is 3.39. The number of aromatic nitrogens is 2. The Bertz CT molecular complexity index is 908. The lowest BCUT2D eigenvalue weighted by Gasteiger charge is -2.29. The van der Waals surface area contributed by atoms with Gasteiger partial charge in [-0.1, -0.05) is 12.1 Å². The topological polar surface area (TPSA) is 93.4 Å². The number of piperidine rings is 1. The SMILES string of the molecule is CC(=O)c1ccc(S(=O)(=O)N2CCC(c3nnc(C4CC4)o3)CC2)cc1. The van der Waals surface area contributed by atoms with E-state index in [0.29, 0.717) is 43.3 Å². The van der Waals surface area contributed by atoms with E-state index in [2.05, 4.69) is 10.2 Å². The van der Waals surface area contributed by atoms with E-state index >= 15 is 0 Å². The van der Waals surface area contributed by atoms with E-state index in [0.717, 1.165) is 18.7 Å². The summed E-state index contributed by atoms with van der Waals surface area (Å²) in [5, 5.41) is 8.27. The maximum absolute atomic E-state index is 12.8. The minimum absolute atomic E-state index is 0.0834. The molecule has 8 heteroatoms. The van der Waals surface area contributed by atoms with Crippen LogP contribution in [0.1, 0.15) is 66.6 Å². The van der Waals surface area contributed by atoms with Crippen LogP contribution in [0.5, 0.6) is 0 Å². The van der Waals surface area contributed by atoms with Gasteiger partial charge in [0.25, 0.3) is 0 Å². The van der Waals surface area contributed by atoms with E-state index in [1.54, 1.807) is 12.1 Å². The summed E-state index contributed by atoms with van der Waals surface area (Å²) in [6, 6.07) is 6.11. The van der Waals surface area contributed by atoms with Crippen molar-refractivity contribution in [2.45, 2.75) is 49.3 Å². The molecule has 1 saturated heterocycles. The fourth-order valence-electron chi connectivity index (χ4n) is 3.26. The van der Waals surface area contributed by atoms with Crippen LogP contribution in [0.2, 0.25) is 0 Å². The zero-order chi connectivity index (χ0) is 18.3. The van der Waals surface area contributed by atoms with Crippen LogP contribution in [0, 0.1) is 0 Å². The fourth-order valence-corrected chi connectivity index (χ4v) is 4.73. The number of nitrogens with zero attached hydrogens (tertiary/aromatic N) is 3. The zero-order valence-electron chi connectivity index (χ0n) is 14.6. The molecule has 1 aromatic carbocycles. The fraction of sp³-hybridized carbons (Fsp3) is 0.500. The molecule has 4 rings (SSSR count). The number of carbonyl (C=O) groups excluding carboxylic acids is 1. The van der Waals surface area contributed by atoms with Crippen molar-refractivity contribution < 1.29 is 17.6 Å². The third kappa shape index (κ3) is 3.31. The number of hydrogen-bond acceptors (Lipinski definition) is 6. The van der Waals surface area contributed by atoms with Crippen LogP contribution in [0.15, 0.2) is 33.6 Å². The molecule has 1 saturated carbocycles. The summed E-state index contributed by atoms with van der Waals surface area (Å²) < 4.78 is 32.9. The summed E-state index contributed by atoms with van der Waals surface area (Å²) in [5.41, 5.74) is 0.505. The van der Waals surface area contributed by atoms with Crippen molar-refractivity contribution in [1.29, 1.82) is 0 Å². The number of carbonyl (C=O) groups is 1. The van der Waals surface area contributed by atoms with Gasteiger partial charge >= 0.3 is 0 Å². The predicted octanol–water partition coefficient (Wildman–Crippen LogP) is 2.72. The molecule has 26 heavy (non-hydrogen) atoms. The quantitative estimate of drug-likeness (QED) is 0.746. The van der Waals surface area contributed by atoms with Crippen molar-refractivity contribution in [3.8, 4) is 0 Å². The number of Topliss-reactive ketones (excluding diaryl/α,β-unsaturated/α-hetero) is 1. The molecule has 2 fully saturated rings. The third-order valence-electron chi connectivity index (χ3n) is 5.08. The van der Waals surface area contributed by atoms with E-state index in [1.807, 2.05) is 0 Å². The molecule has 1 aromatic heterocycles. The van der Waals surface area contributed by atoms with Crippen LogP contribution < -0.4 is 0 Å². The normalized spacial score (nSPS) is 19.6. The molecule has 0 spiro atoms. The summed E-state index contributed by atoms with van der Waals surface area (Å²) in [5.74, 6) is 1.81. The van der Waals surface area contributed by atoms with Crippen LogP contribution in [-0.4, -0.2) is 41.8 Å². The molecule has 2 aromatic rings. The van der Waals surface area contributed by atoms with Crippen molar-refractivity contribution >= 4 is 15.8 Å². The molecule has 0 atom stereocenters. The molecule has 0 bridgehead atoms. The molecular formula is C18H21N3O4S. The van der Waals surface area contributed by atoms with Crippen LogP contribution in [0.3, 0.4) is 0 Å². The highest BCUT2D eigenvalue weighted by atomic mass is 32.2. The van der Waals surface area contributed by atoms with Crippen LogP contribution in [0.25, 0.3) is 0 Å². The van der Waals surface area contributed by atoms with Gasteiger partial charge in [0.2, 0.25) is 21.8 Å². The van der Waals surface area contributed by atoms with Crippen molar-refractivity contribution in [3.05, 3.63) is 41.6 Å². The Balaban J connectivity index is 1.43. The highest BCUT2D eigenvalue weighted by molar-refractivity contribution is 7.89. The Kier molecular flexibility index (Phi) is 4.40. The van der Waals surface area contributed by atoms with E-state index in [-0.39, 0.29) is 16.6 Å². The van der Waals surface area contributed by atoms with Gasteiger partial charge in [-0.15, -0.1) is 10.2 Å². The molecule has 0 amide bonds. The zero-order valence-corrected chi connectivity index (χ0v) is 15.4. The largest absolute Gasteiger partial charge is 0.425 e. The molecule has 0 unspecified atom stereocenters. The lowest BCUT2D eigenvalue weighted by Crippen LogP contribution is -2.38. The van der Waals surface area contributed by atoms with E-state index in [4.69, 9.17) is 4.42 Å². The molecule has 2 heterocycles. The summed E-state index contributed by atoms with van der Waals surface area (Å²) in [6.45, 7) is 2.30. The summed E-state index contributed by atoms with van der Waals surface area (Å²) in [6.07, 6.45) is 3.55. The van der Waals surface area contributed by atoms with Crippen LogP contribution in [0.4, 0.5) is 0 Å². The number of sulfonamides is 1. The first kappa shape index (κ1) is 17.4. The maximum atomic E-state index is 12.8. The molecule has 7 nitrogen and oxygen atoms in total. The Morgan fingerprint density at radius 2 is 1.54 bits per heavy atom. The molecule has 2 aliphatic rings. The van der Waals surface area contributed by atoms with Gasteiger partial charge in [-0.05, 0) is 44.7 Å². The second-order valence-electron chi connectivity index (χ2n) is 7.01. The molecule has 1 aliphatic heterocycles. The van der Waals surface area contributed by atoms with Gasteiger partial charge < -0.3 is 4.42 Å². The lowest BCUT2D eigenvalue weighted by atomic mass is 9.98. The number of benzene rings is 1. The monoisotopic (exact) mass is 375 g/mol. The summed E-state index contributed by atoms with van der Waals surface area (Å²) in [7, 11) is -3.55. The first-order valence-electron chi connectivity index (χ1n) is 8.89. The average molecular weight is 375 g/mol. The van der Waals surface area contributed by atoms with E-state index < -0.39 is 10.0 Å². The summed E-state index contributed by atoms with van der Waals surface area (Å²) >= 11 is 0. The second kappa shape index (κ2) is 6.59. The van der Waals surface area contributed by atoms with Gasteiger partial charge in [0, 0.05) is 30.5 Å². The number of hydrogen-bond donors (Lipinski definition) is 0. The summed E-state index contributed by atoms with van der Waals surface area (Å²) in [4.78, 5) is 11.6. The van der Waals surface area contributed by atoms with E-state index in [1.165, 1.54) is 23.4 Å². The van der Waals surface area contributed by atoms with Crippen molar-refractivity contribution in [2.24, 2.45) is 0 Å². The minimum Gasteiger partial charge on any atom is -0.425 e. The molecule has 0 N–H and O–H groups in total. The maximum Gasteiger partial charge on any atom is 0.243 e. The third-order valence-corrected chi connectivity index (χ3v) is 7.00. The Morgan fingerprint density at radius 3 is 2.04 bits per heavy atom. The smallest absolute Gasteiger partial charge is 0.243 e. The molecule has 1 aliphatic carbocycles. The standard InChI is InChI=1S/C18H21N3O4S/c1-12(22)13-4-6-16(7-5-13)26(23,24)21-10-8-15(9-11-21)18-20-19-17(25-18)14-2-3-14/h4-7,14-15H,2-3,8-11H2,1H3. The van der Waals surface area contributed by atoms with E-state index in [9.17, 15) is 13.2 Å². The van der Waals surface area contributed by atoms with Gasteiger partial charge in [-0.25, -0.2) is 8.42 Å². The van der Waals surface area contributed by atoms with Gasteiger partial charge in [0.05, 0.1) is 4.90 Å². The molecule has 0 radical (unpaired) electrons. The molecular weight excluding hydrogens is 354 g/mol. The van der Waals surface area contributed by atoms with Crippen molar-refractivity contribution in [3.63, 3.8) is 0 Å². The highest BCUT2D eigenvalue weighted by Gasteiger charge is 2.34. The Morgan fingerprint density at radius 1 is 1.00 bits per heavy atom. The van der Waals surface area contributed by atoms with Crippen LogP contribution >= 0.6 is 0 Å². The highest BCUT2D eigenvalue weighted by Crippen LogP contribution is 2.40. The Hall–Kier alpha value is -2.06. The van der Waals surface area contributed by atoms with Gasteiger partial charge in [-0.2, -0.15) is 4.31 Å². The number of rotatable bonds is 5. The second-order valence-corrected chi connectivity index (χ2v) is 8.95. The lowest BCUT2D eigenvalue weighted by molar-refractivity contribution is 0.101. The van der Waals surface area contributed by atoms with Crippen molar-refractivity contribution in [2.75, 3.05) is 13.1 Å². The molecule has 138 valence electrons. The van der Waals surface area contributed by atoms with Crippen molar-refractivity contribution in [1.82, 2.24) is 14.5 Å². The first-order valence-corrected chi connectivity index (χ1v) is 10.3. The Labute approximate surface area is 152 Å². The van der Waals surface area contributed by atoms with Gasteiger partial charge in [0.15, 0.2) is 5.78 Å². The first-order chi connectivity index (χ1) is 12.4. The van der Waals surface area contributed by atoms with Crippen LogP contribution in [-0.2, 0) is 10.0 Å². The van der Waals surface area contributed by atoms with Gasteiger partial charge in [0.1, 0.15) is 0 Å². The van der Waals surface area contributed by atoms with Gasteiger partial charge in [-0.3, -0.25) is 4.79 Å². The predicted molar refractivity (Wildman–Crippen MR) is 93.5 cm³/mol. The number of ketones is 1. The minimum atomic E-state index is -3.55.